The molecule has 30 heavy (non-hydrogen) atoms. The second kappa shape index (κ2) is 7.98. The number of nitrogens with one attached hydrogen (secondary N) is 3. The molecule has 0 saturated carbocycles. The summed E-state index contributed by atoms with van der Waals surface area (Å²) in [7, 11) is 0. The van der Waals surface area contributed by atoms with Gasteiger partial charge in [0.25, 0.3) is 5.91 Å². The largest absolute Gasteiger partial charge is 0.349 e. The summed E-state index contributed by atoms with van der Waals surface area (Å²) in [5, 5.41) is 8.16. The molecule has 1 aromatic heterocycles. The molecule has 3 aromatic rings. The standard InChI is InChI=1S/C22H23N5O3/c1-13(2)27-18-10-6-5-9-16(18)24-19(27)12-23-20(28)11-17-22(30)25-15-8-4-3-7-14(15)21(29)26-17/h3-10,13,17H,11-12H2,1-2H3,(H,23,28)(H,25,30)(H,26,29)/t17-/m0/s1. The zero-order valence-corrected chi connectivity index (χ0v) is 16.8. The second-order valence-corrected chi connectivity index (χ2v) is 7.52. The van der Waals surface area contributed by atoms with Crippen LogP contribution in [0.1, 0.15) is 42.5 Å². The number of rotatable bonds is 5. The van der Waals surface area contributed by atoms with Gasteiger partial charge in [0, 0.05) is 6.04 Å². The zero-order chi connectivity index (χ0) is 21.3. The van der Waals surface area contributed by atoms with Gasteiger partial charge in [0.2, 0.25) is 11.8 Å². The lowest BCUT2D eigenvalue weighted by atomic mass is 10.1. The Morgan fingerprint density at radius 3 is 2.67 bits per heavy atom. The van der Waals surface area contributed by atoms with E-state index in [9.17, 15) is 14.4 Å². The Balaban J connectivity index is 1.45. The fourth-order valence-electron chi connectivity index (χ4n) is 3.69. The average molecular weight is 405 g/mol. The summed E-state index contributed by atoms with van der Waals surface area (Å²) in [6.45, 7) is 4.35. The number of anilines is 1. The van der Waals surface area contributed by atoms with Crippen LogP contribution >= 0.6 is 0 Å². The van der Waals surface area contributed by atoms with Crippen molar-refractivity contribution in [2.45, 2.75) is 38.9 Å². The molecule has 3 amide bonds. The SMILES string of the molecule is CC(C)n1c(CNC(=O)C[C@@H]2NC(=O)c3ccccc3NC2=O)nc2ccccc21. The lowest BCUT2D eigenvalue weighted by molar-refractivity contribution is -0.125. The van der Waals surface area contributed by atoms with E-state index < -0.39 is 11.9 Å². The average Bonchev–Trinajstić information content (AvgIpc) is 3.05. The number of para-hydroxylation sites is 3. The molecular weight excluding hydrogens is 382 g/mol. The molecule has 8 heteroatoms. The van der Waals surface area contributed by atoms with Crippen LogP contribution in [0.2, 0.25) is 0 Å². The maximum atomic E-state index is 12.5. The molecule has 0 aliphatic carbocycles. The Morgan fingerprint density at radius 2 is 1.87 bits per heavy atom. The summed E-state index contributed by atoms with van der Waals surface area (Å²) in [6, 6.07) is 13.8. The van der Waals surface area contributed by atoms with Crippen LogP contribution in [-0.2, 0) is 16.1 Å². The Labute approximate surface area is 173 Å². The van der Waals surface area contributed by atoms with Crippen molar-refractivity contribution < 1.29 is 14.4 Å². The van der Waals surface area contributed by atoms with Crippen LogP contribution in [0.4, 0.5) is 5.69 Å². The van der Waals surface area contributed by atoms with Crippen molar-refractivity contribution in [2.24, 2.45) is 0 Å². The molecule has 2 aromatic carbocycles. The first kappa shape index (κ1) is 19.6. The predicted molar refractivity (Wildman–Crippen MR) is 113 cm³/mol. The molecule has 0 saturated heterocycles. The van der Waals surface area contributed by atoms with Gasteiger partial charge in [-0.05, 0) is 38.1 Å². The summed E-state index contributed by atoms with van der Waals surface area (Å²) in [5.41, 5.74) is 2.68. The first-order chi connectivity index (χ1) is 14.4. The molecule has 0 spiro atoms. The lowest BCUT2D eigenvalue weighted by Gasteiger charge is -2.16. The molecule has 1 aliphatic heterocycles. The molecule has 3 N–H and O–H groups in total. The van der Waals surface area contributed by atoms with E-state index in [4.69, 9.17) is 0 Å². The summed E-state index contributed by atoms with van der Waals surface area (Å²) in [5.74, 6) is -0.411. The van der Waals surface area contributed by atoms with Gasteiger partial charge in [0.05, 0.1) is 35.2 Å². The summed E-state index contributed by atoms with van der Waals surface area (Å²) >= 11 is 0. The Bertz CT molecular complexity index is 1130. The zero-order valence-electron chi connectivity index (χ0n) is 16.8. The molecule has 1 aliphatic rings. The van der Waals surface area contributed by atoms with Gasteiger partial charge in [-0.3, -0.25) is 14.4 Å². The molecule has 4 rings (SSSR count). The van der Waals surface area contributed by atoms with E-state index in [1.807, 2.05) is 24.3 Å². The Morgan fingerprint density at radius 1 is 1.13 bits per heavy atom. The molecule has 1 atom stereocenters. The second-order valence-electron chi connectivity index (χ2n) is 7.52. The van der Waals surface area contributed by atoms with E-state index in [2.05, 4.69) is 39.3 Å². The number of nitrogens with zero attached hydrogens (tertiary/aromatic N) is 2. The van der Waals surface area contributed by atoms with Crippen LogP contribution in [0.15, 0.2) is 48.5 Å². The maximum absolute atomic E-state index is 12.5. The van der Waals surface area contributed by atoms with Crippen molar-refractivity contribution in [3.05, 3.63) is 59.9 Å². The van der Waals surface area contributed by atoms with E-state index in [0.717, 1.165) is 16.9 Å². The third-order valence-corrected chi connectivity index (χ3v) is 5.07. The summed E-state index contributed by atoms with van der Waals surface area (Å²) in [6.07, 6.45) is -0.159. The monoisotopic (exact) mass is 405 g/mol. The number of amides is 3. The van der Waals surface area contributed by atoms with Gasteiger partial charge in [0.15, 0.2) is 0 Å². The molecular formula is C22H23N5O3. The normalized spacial score (nSPS) is 16.0. The van der Waals surface area contributed by atoms with Crippen LogP contribution in [0.25, 0.3) is 11.0 Å². The third kappa shape index (κ3) is 3.76. The Kier molecular flexibility index (Phi) is 5.22. The molecule has 0 fully saturated rings. The molecule has 8 nitrogen and oxygen atoms in total. The lowest BCUT2D eigenvalue weighted by Crippen LogP contribution is -2.44. The van der Waals surface area contributed by atoms with E-state index in [1.165, 1.54) is 0 Å². The van der Waals surface area contributed by atoms with Crippen LogP contribution in [0.3, 0.4) is 0 Å². The highest BCUT2D eigenvalue weighted by Crippen LogP contribution is 2.21. The minimum atomic E-state index is -0.950. The number of benzene rings is 2. The fraction of sp³-hybridized carbons (Fsp3) is 0.273. The van der Waals surface area contributed by atoms with Gasteiger partial charge in [-0.1, -0.05) is 24.3 Å². The van der Waals surface area contributed by atoms with Crippen molar-refractivity contribution in [3.63, 3.8) is 0 Å². The highest BCUT2D eigenvalue weighted by atomic mass is 16.2. The number of hydrogen-bond acceptors (Lipinski definition) is 4. The summed E-state index contributed by atoms with van der Waals surface area (Å²) < 4.78 is 2.08. The van der Waals surface area contributed by atoms with Crippen molar-refractivity contribution in [2.75, 3.05) is 5.32 Å². The predicted octanol–water partition coefficient (Wildman–Crippen LogP) is 2.37. The number of carbonyl (C=O) groups excluding carboxylic acids is 3. The molecule has 154 valence electrons. The van der Waals surface area contributed by atoms with Crippen LogP contribution in [-0.4, -0.2) is 33.3 Å². The smallest absolute Gasteiger partial charge is 0.254 e. The number of fused-ring (bicyclic) bond motifs is 2. The number of carbonyl (C=O) groups is 3. The van der Waals surface area contributed by atoms with Crippen molar-refractivity contribution in [1.29, 1.82) is 0 Å². The maximum Gasteiger partial charge on any atom is 0.254 e. The fourth-order valence-corrected chi connectivity index (χ4v) is 3.69. The summed E-state index contributed by atoms with van der Waals surface area (Å²) in [4.78, 5) is 42.0. The molecule has 2 heterocycles. The minimum absolute atomic E-state index is 0.159. The number of hydrogen-bond donors (Lipinski definition) is 3. The minimum Gasteiger partial charge on any atom is -0.349 e. The van der Waals surface area contributed by atoms with E-state index >= 15 is 0 Å². The van der Waals surface area contributed by atoms with Gasteiger partial charge in [-0.15, -0.1) is 0 Å². The van der Waals surface area contributed by atoms with Gasteiger partial charge >= 0.3 is 0 Å². The van der Waals surface area contributed by atoms with E-state index in [-0.39, 0.29) is 30.8 Å². The van der Waals surface area contributed by atoms with E-state index in [0.29, 0.717) is 11.3 Å². The number of imidazole rings is 1. The van der Waals surface area contributed by atoms with Crippen molar-refractivity contribution >= 4 is 34.4 Å². The molecule has 0 unspecified atom stereocenters. The van der Waals surface area contributed by atoms with E-state index in [1.54, 1.807) is 24.3 Å². The van der Waals surface area contributed by atoms with Crippen molar-refractivity contribution in [3.8, 4) is 0 Å². The number of aromatic nitrogens is 2. The highest BCUT2D eigenvalue weighted by Gasteiger charge is 2.29. The first-order valence-electron chi connectivity index (χ1n) is 9.87. The van der Waals surface area contributed by atoms with Gasteiger partial charge in [0.1, 0.15) is 11.9 Å². The van der Waals surface area contributed by atoms with Crippen LogP contribution < -0.4 is 16.0 Å². The van der Waals surface area contributed by atoms with Crippen LogP contribution in [0.5, 0.6) is 0 Å². The van der Waals surface area contributed by atoms with Gasteiger partial charge in [-0.25, -0.2) is 4.98 Å². The van der Waals surface area contributed by atoms with Gasteiger partial charge in [-0.2, -0.15) is 0 Å². The quantitative estimate of drug-likeness (QED) is 0.606. The first-order valence-corrected chi connectivity index (χ1v) is 9.87. The molecule has 0 radical (unpaired) electrons. The van der Waals surface area contributed by atoms with Gasteiger partial charge < -0.3 is 20.5 Å². The molecule has 0 bridgehead atoms. The third-order valence-electron chi connectivity index (χ3n) is 5.07. The topological polar surface area (TPSA) is 105 Å². The Hall–Kier alpha value is -3.68. The highest BCUT2D eigenvalue weighted by molar-refractivity contribution is 6.10. The van der Waals surface area contributed by atoms with Crippen molar-refractivity contribution in [1.82, 2.24) is 20.2 Å². The van der Waals surface area contributed by atoms with Crippen LogP contribution in [0, 0.1) is 0 Å².